The number of nitrogen functional groups attached to an aromatic ring is 1. The van der Waals surface area contributed by atoms with Crippen molar-refractivity contribution in [2.24, 2.45) is 0 Å². The first kappa shape index (κ1) is 14.4. The molecule has 1 aromatic rings. The molecule has 0 aromatic heterocycles. The fourth-order valence-corrected chi connectivity index (χ4v) is 2.98. The van der Waals surface area contributed by atoms with Gasteiger partial charge in [0.25, 0.3) is 0 Å². The summed E-state index contributed by atoms with van der Waals surface area (Å²) in [6.45, 7) is 1.84. The van der Waals surface area contributed by atoms with Gasteiger partial charge < -0.3 is 5.73 Å². The van der Waals surface area contributed by atoms with Gasteiger partial charge in [0.15, 0.2) is 0 Å². The second-order valence-corrected chi connectivity index (χ2v) is 5.50. The van der Waals surface area contributed by atoms with Crippen LogP contribution in [0, 0.1) is 17.1 Å². The third kappa shape index (κ3) is 2.97. The molecule has 5 nitrogen and oxygen atoms in total. The minimum Gasteiger partial charge on any atom is -0.399 e. The summed E-state index contributed by atoms with van der Waals surface area (Å²) in [5.74, 6) is -0.884. The predicted octanol–water partition coefficient (Wildman–Crippen LogP) is 1.33. The van der Waals surface area contributed by atoms with E-state index in [9.17, 15) is 12.8 Å². The summed E-state index contributed by atoms with van der Waals surface area (Å²) in [5, 5.41) is 8.48. The van der Waals surface area contributed by atoms with Gasteiger partial charge in [0.05, 0.1) is 6.07 Å². The van der Waals surface area contributed by atoms with Gasteiger partial charge in [-0.2, -0.15) is 9.57 Å². The first-order valence-corrected chi connectivity index (χ1v) is 6.79. The third-order valence-corrected chi connectivity index (χ3v) is 4.41. The molecule has 7 heteroatoms. The van der Waals surface area contributed by atoms with E-state index in [2.05, 4.69) is 0 Å². The highest BCUT2D eigenvalue weighted by molar-refractivity contribution is 7.89. The zero-order valence-electron chi connectivity index (χ0n) is 9.93. The Balaban J connectivity index is 3.15. The van der Waals surface area contributed by atoms with E-state index < -0.39 is 20.7 Å². The van der Waals surface area contributed by atoms with E-state index in [1.807, 2.05) is 6.07 Å². The molecular weight excluding hydrogens is 257 g/mol. The van der Waals surface area contributed by atoms with Crippen molar-refractivity contribution in [2.75, 3.05) is 18.8 Å². The van der Waals surface area contributed by atoms with Crippen molar-refractivity contribution < 1.29 is 12.8 Å². The van der Waals surface area contributed by atoms with Crippen molar-refractivity contribution in [3.8, 4) is 6.07 Å². The van der Waals surface area contributed by atoms with Gasteiger partial charge in [0, 0.05) is 25.2 Å². The molecule has 1 rings (SSSR count). The smallest absolute Gasteiger partial charge is 0.246 e. The van der Waals surface area contributed by atoms with Crippen LogP contribution in [0.5, 0.6) is 0 Å². The molecule has 18 heavy (non-hydrogen) atoms. The zero-order chi connectivity index (χ0) is 13.8. The normalized spacial score (nSPS) is 11.4. The van der Waals surface area contributed by atoms with Crippen LogP contribution >= 0.6 is 0 Å². The van der Waals surface area contributed by atoms with Crippen LogP contribution in [0.1, 0.15) is 13.3 Å². The lowest BCUT2D eigenvalue weighted by atomic mass is 10.3. The van der Waals surface area contributed by atoms with Gasteiger partial charge >= 0.3 is 0 Å². The Morgan fingerprint density at radius 3 is 2.67 bits per heavy atom. The average molecular weight is 271 g/mol. The van der Waals surface area contributed by atoms with E-state index in [1.54, 1.807) is 6.92 Å². The van der Waals surface area contributed by atoms with Crippen molar-refractivity contribution in [1.29, 1.82) is 5.26 Å². The number of halogens is 1. The van der Waals surface area contributed by atoms with Crippen LogP contribution in [0.2, 0.25) is 0 Å². The van der Waals surface area contributed by atoms with Gasteiger partial charge in [0.2, 0.25) is 10.0 Å². The molecule has 0 aliphatic rings. The Morgan fingerprint density at radius 2 is 2.17 bits per heavy atom. The molecule has 98 valence electrons. The molecule has 0 heterocycles. The van der Waals surface area contributed by atoms with Crippen molar-refractivity contribution in [3.63, 3.8) is 0 Å². The molecule has 2 N–H and O–H groups in total. The molecule has 1 aromatic carbocycles. The van der Waals surface area contributed by atoms with E-state index in [0.717, 1.165) is 16.4 Å². The van der Waals surface area contributed by atoms with E-state index in [0.29, 0.717) is 0 Å². The van der Waals surface area contributed by atoms with E-state index in [4.69, 9.17) is 11.0 Å². The monoisotopic (exact) mass is 271 g/mol. The van der Waals surface area contributed by atoms with E-state index in [-0.39, 0.29) is 25.2 Å². The number of sulfonamides is 1. The Hall–Kier alpha value is -1.65. The summed E-state index contributed by atoms with van der Waals surface area (Å²) in [4.78, 5) is -0.420. The molecule has 0 unspecified atom stereocenters. The average Bonchev–Trinajstić information content (AvgIpc) is 2.29. The number of nitrogens with two attached hydrogens (primary N) is 1. The van der Waals surface area contributed by atoms with Gasteiger partial charge in [-0.1, -0.05) is 6.92 Å². The summed E-state index contributed by atoms with van der Waals surface area (Å²) in [5.41, 5.74) is 5.53. The maximum Gasteiger partial charge on any atom is 0.246 e. The van der Waals surface area contributed by atoms with Crippen LogP contribution in [0.25, 0.3) is 0 Å². The molecule has 0 fully saturated rings. The number of nitrogens with zero attached hydrogens (tertiary/aromatic N) is 2. The Labute approximate surface area is 106 Å². The van der Waals surface area contributed by atoms with Crippen LogP contribution in [0.15, 0.2) is 23.1 Å². The molecule has 0 radical (unpaired) electrons. The highest BCUT2D eigenvalue weighted by Crippen LogP contribution is 2.21. The topological polar surface area (TPSA) is 87.2 Å². The van der Waals surface area contributed by atoms with Gasteiger partial charge in [-0.25, -0.2) is 12.8 Å². The van der Waals surface area contributed by atoms with Crippen LogP contribution in [0.3, 0.4) is 0 Å². The lowest BCUT2D eigenvalue weighted by molar-refractivity contribution is 0.430. The summed E-state index contributed by atoms with van der Waals surface area (Å²) in [6.07, 6.45) is 0.0592. The lowest BCUT2D eigenvalue weighted by Gasteiger charge is -2.19. The summed E-state index contributed by atoms with van der Waals surface area (Å²) >= 11 is 0. The van der Waals surface area contributed by atoms with Crippen molar-refractivity contribution in [1.82, 2.24) is 4.31 Å². The SMILES string of the molecule is CCN(CCC#N)S(=O)(=O)c1ccc(N)cc1F. The summed E-state index contributed by atoms with van der Waals surface area (Å²) < 4.78 is 38.9. The lowest BCUT2D eigenvalue weighted by Crippen LogP contribution is -2.32. The van der Waals surface area contributed by atoms with Gasteiger partial charge in [-0.15, -0.1) is 0 Å². The number of nitriles is 1. The molecule has 0 amide bonds. The molecule has 0 aliphatic carbocycles. The quantitative estimate of drug-likeness (QED) is 0.818. The fourth-order valence-electron chi connectivity index (χ4n) is 1.49. The van der Waals surface area contributed by atoms with Crippen molar-refractivity contribution in [2.45, 2.75) is 18.2 Å². The highest BCUT2D eigenvalue weighted by atomic mass is 32.2. The Kier molecular flexibility index (Phi) is 4.64. The molecule has 0 saturated carbocycles. The van der Waals surface area contributed by atoms with Gasteiger partial charge in [-0.3, -0.25) is 0 Å². The third-order valence-electron chi connectivity index (χ3n) is 2.40. The molecule has 0 saturated heterocycles. The predicted molar refractivity (Wildman–Crippen MR) is 65.5 cm³/mol. The highest BCUT2D eigenvalue weighted by Gasteiger charge is 2.25. The van der Waals surface area contributed by atoms with Gasteiger partial charge in [0.1, 0.15) is 10.7 Å². The number of hydrogen-bond acceptors (Lipinski definition) is 4. The first-order valence-electron chi connectivity index (χ1n) is 5.35. The number of benzene rings is 1. The van der Waals surface area contributed by atoms with E-state index >= 15 is 0 Å². The largest absolute Gasteiger partial charge is 0.399 e. The molecule has 0 spiro atoms. The molecule has 0 aliphatic heterocycles. The second-order valence-electron chi connectivity index (χ2n) is 3.59. The Bertz CT molecular complexity index is 566. The van der Waals surface area contributed by atoms with E-state index in [1.165, 1.54) is 6.07 Å². The Morgan fingerprint density at radius 1 is 1.50 bits per heavy atom. The molecule has 0 atom stereocenters. The maximum absolute atomic E-state index is 13.6. The van der Waals surface area contributed by atoms with Crippen LogP contribution in [-0.4, -0.2) is 25.8 Å². The van der Waals surface area contributed by atoms with Crippen molar-refractivity contribution >= 4 is 15.7 Å². The fraction of sp³-hybridized carbons (Fsp3) is 0.364. The summed E-state index contributed by atoms with van der Waals surface area (Å²) in [6, 6.07) is 5.28. The standard InChI is InChI=1S/C11H14FN3O2S/c1-2-15(7-3-6-13)18(16,17)11-5-4-9(14)8-10(11)12/h4-5,8H,2-3,7,14H2,1H3. The van der Waals surface area contributed by atoms with Crippen molar-refractivity contribution in [3.05, 3.63) is 24.0 Å². The maximum atomic E-state index is 13.6. The van der Waals surface area contributed by atoms with Crippen LogP contribution < -0.4 is 5.73 Å². The summed E-state index contributed by atoms with van der Waals surface area (Å²) in [7, 11) is -3.92. The van der Waals surface area contributed by atoms with Crippen LogP contribution in [-0.2, 0) is 10.0 Å². The number of anilines is 1. The molecular formula is C11H14FN3O2S. The zero-order valence-corrected chi connectivity index (χ0v) is 10.7. The second kappa shape index (κ2) is 5.80. The molecule has 0 bridgehead atoms. The van der Waals surface area contributed by atoms with Gasteiger partial charge in [-0.05, 0) is 18.2 Å². The minimum atomic E-state index is -3.92. The number of rotatable bonds is 5. The minimum absolute atomic E-state index is 0.0408. The first-order chi connectivity index (χ1) is 8.43. The van der Waals surface area contributed by atoms with Crippen LogP contribution in [0.4, 0.5) is 10.1 Å². The number of hydrogen-bond donors (Lipinski definition) is 1.